The Morgan fingerprint density at radius 3 is 2.73 bits per heavy atom. The van der Waals surface area contributed by atoms with Gasteiger partial charge in [-0.25, -0.2) is 4.98 Å². The fourth-order valence-electron chi connectivity index (χ4n) is 0.926. The lowest BCUT2D eigenvalue weighted by atomic mass is 10.2. The van der Waals surface area contributed by atoms with Crippen molar-refractivity contribution in [3.8, 4) is 0 Å². The van der Waals surface area contributed by atoms with Crippen LogP contribution in [0, 0.1) is 0 Å². The third-order valence-electron chi connectivity index (χ3n) is 1.72. The zero-order valence-electron chi connectivity index (χ0n) is 7.65. The maximum Gasteiger partial charge on any atom is 0.289 e. The molecule has 0 fully saturated rings. The highest BCUT2D eigenvalue weighted by atomic mass is 32.5. The molecule has 1 aromatic heterocycles. The van der Waals surface area contributed by atoms with E-state index in [2.05, 4.69) is 16.8 Å². The van der Waals surface area contributed by atoms with E-state index in [0.29, 0.717) is 5.69 Å². The van der Waals surface area contributed by atoms with Gasteiger partial charge in [0.05, 0.1) is 11.7 Å². The second-order valence-electron chi connectivity index (χ2n) is 2.97. The average Bonchev–Trinajstić information content (AvgIpc) is 2.51. The molecule has 6 N–H and O–H groups in total. The molecule has 0 saturated heterocycles. The van der Waals surface area contributed by atoms with Crippen LogP contribution in [0.3, 0.4) is 0 Å². The minimum absolute atomic E-state index is 0.137. The second kappa shape index (κ2) is 4.38. The van der Waals surface area contributed by atoms with Crippen molar-refractivity contribution in [2.24, 2.45) is 11.5 Å². The molecule has 15 heavy (non-hydrogen) atoms. The van der Waals surface area contributed by atoms with Crippen molar-refractivity contribution in [3.63, 3.8) is 0 Å². The van der Waals surface area contributed by atoms with E-state index in [1.165, 1.54) is 12.5 Å². The van der Waals surface area contributed by atoms with Crippen molar-refractivity contribution in [2.75, 3.05) is 0 Å². The lowest BCUT2D eigenvalue weighted by Gasteiger charge is -2.06. The first-order chi connectivity index (χ1) is 6.80. The van der Waals surface area contributed by atoms with Crippen molar-refractivity contribution < 1.29 is 14.6 Å². The maximum absolute atomic E-state index is 10.7. The third-order valence-corrected chi connectivity index (χ3v) is 3.10. The highest BCUT2D eigenvalue weighted by Gasteiger charge is 2.15. The molecule has 0 spiro atoms. The molecule has 1 amide bonds. The van der Waals surface area contributed by atoms with Crippen molar-refractivity contribution in [1.82, 2.24) is 9.32 Å². The van der Waals surface area contributed by atoms with Crippen molar-refractivity contribution >= 4 is 24.4 Å². The van der Waals surface area contributed by atoms with Crippen LogP contribution in [0.1, 0.15) is 5.69 Å². The topological polar surface area (TPSA) is 127 Å². The van der Waals surface area contributed by atoms with Crippen LogP contribution in [0.4, 0.5) is 0 Å². The summed E-state index contributed by atoms with van der Waals surface area (Å²) in [5.41, 5.74) is 10.8. The number of nitrogens with two attached hydrogens (primary N) is 2. The molecule has 84 valence electrons. The standard InChI is InChI=1S/C6H11N4O3PS/c7-5(6(8)11)1-4-2-10(3-9-4)14(12,13)15/h2-3,5H,1,7H2,(H2,8,11)(H2,12,13,15). The van der Waals surface area contributed by atoms with Gasteiger partial charge >= 0.3 is 0 Å². The van der Waals surface area contributed by atoms with Gasteiger partial charge in [0, 0.05) is 12.6 Å². The van der Waals surface area contributed by atoms with Crippen molar-refractivity contribution in [1.29, 1.82) is 0 Å². The van der Waals surface area contributed by atoms with Crippen molar-refractivity contribution in [3.05, 3.63) is 18.2 Å². The van der Waals surface area contributed by atoms with Gasteiger partial charge in [0.1, 0.15) is 6.33 Å². The number of rotatable bonds is 4. The normalized spacial score (nSPS) is 13.8. The lowest BCUT2D eigenvalue weighted by Crippen LogP contribution is -2.38. The molecule has 1 heterocycles. The summed E-state index contributed by atoms with van der Waals surface area (Å²) in [6.07, 6.45) is 2.66. The molecule has 9 heteroatoms. The van der Waals surface area contributed by atoms with Crippen LogP contribution in [0.5, 0.6) is 0 Å². The Morgan fingerprint density at radius 2 is 2.33 bits per heavy atom. The number of nitrogens with zero attached hydrogens (tertiary/aromatic N) is 2. The molecule has 0 saturated carbocycles. The highest BCUT2D eigenvalue weighted by molar-refractivity contribution is 8.08. The minimum atomic E-state index is -3.53. The quantitative estimate of drug-likeness (QED) is 0.471. The average molecular weight is 250 g/mol. The Hall–Kier alpha value is -0.790. The van der Waals surface area contributed by atoms with E-state index in [4.69, 9.17) is 21.3 Å². The Morgan fingerprint density at radius 1 is 1.73 bits per heavy atom. The molecule has 1 rings (SSSR count). The lowest BCUT2D eigenvalue weighted by molar-refractivity contribution is -0.119. The summed E-state index contributed by atoms with van der Waals surface area (Å²) in [5, 5.41) is 0. The number of carbonyl (C=O) groups excluding carboxylic acids is 1. The summed E-state index contributed by atoms with van der Waals surface area (Å²) in [7, 11) is 0. The fourth-order valence-corrected chi connectivity index (χ4v) is 1.66. The van der Waals surface area contributed by atoms with E-state index in [1.54, 1.807) is 0 Å². The summed E-state index contributed by atoms with van der Waals surface area (Å²) < 4.78 is 1.02. The van der Waals surface area contributed by atoms with Crippen LogP contribution in [-0.4, -0.2) is 31.1 Å². The number of primary amides is 1. The minimum Gasteiger partial charge on any atom is -0.368 e. The van der Waals surface area contributed by atoms with Crippen LogP contribution in [0.2, 0.25) is 0 Å². The third kappa shape index (κ3) is 3.37. The van der Waals surface area contributed by atoms with Crippen LogP contribution in [0.25, 0.3) is 0 Å². The summed E-state index contributed by atoms with van der Waals surface area (Å²) in [6.45, 7) is -3.53. The molecular weight excluding hydrogens is 239 g/mol. The van der Waals surface area contributed by atoms with Gasteiger partial charge in [0.25, 0.3) is 6.64 Å². The predicted molar refractivity (Wildman–Crippen MR) is 57.2 cm³/mol. The molecule has 1 unspecified atom stereocenters. The van der Waals surface area contributed by atoms with Crippen LogP contribution < -0.4 is 11.5 Å². The van der Waals surface area contributed by atoms with Gasteiger partial charge in [-0.05, 0) is 11.8 Å². The number of aromatic nitrogens is 2. The zero-order chi connectivity index (χ0) is 11.6. The molecule has 1 atom stereocenters. The Kier molecular flexibility index (Phi) is 3.58. The molecule has 0 aromatic carbocycles. The number of imidazole rings is 1. The van der Waals surface area contributed by atoms with E-state index < -0.39 is 18.6 Å². The Bertz CT molecular complexity index is 414. The van der Waals surface area contributed by atoms with Gasteiger partial charge in [0.15, 0.2) is 0 Å². The van der Waals surface area contributed by atoms with E-state index in [9.17, 15) is 4.79 Å². The summed E-state index contributed by atoms with van der Waals surface area (Å²) in [5.74, 6) is -0.642. The predicted octanol–water partition coefficient (Wildman–Crippen LogP) is -1.70. The first-order valence-corrected chi connectivity index (χ1v) is 6.61. The molecule has 0 aliphatic heterocycles. The monoisotopic (exact) mass is 250 g/mol. The van der Waals surface area contributed by atoms with E-state index in [0.717, 1.165) is 4.34 Å². The summed E-state index contributed by atoms with van der Waals surface area (Å²) in [4.78, 5) is 32.7. The molecule has 7 nitrogen and oxygen atoms in total. The highest BCUT2D eigenvalue weighted by Crippen LogP contribution is 2.36. The van der Waals surface area contributed by atoms with Gasteiger partial charge in [-0.1, -0.05) is 0 Å². The van der Waals surface area contributed by atoms with Gasteiger partial charge < -0.3 is 21.3 Å². The van der Waals surface area contributed by atoms with Crippen LogP contribution in [-0.2, 0) is 23.0 Å². The van der Waals surface area contributed by atoms with E-state index >= 15 is 0 Å². The number of carbonyl (C=O) groups is 1. The molecular formula is C6H11N4O3PS. The van der Waals surface area contributed by atoms with Crippen molar-refractivity contribution in [2.45, 2.75) is 12.5 Å². The molecule has 0 radical (unpaired) electrons. The van der Waals surface area contributed by atoms with E-state index in [1.807, 2.05) is 0 Å². The smallest absolute Gasteiger partial charge is 0.289 e. The molecule has 0 aliphatic rings. The number of amides is 1. The van der Waals surface area contributed by atoms with Gasteiger partial charge in [-0.15, -0.1) is 0 Å². The molecule has 0 bridgehead atoms. The van der Waals surface area contributed by atoms with Crippen LogP contribution >= 0.6 is 6.64 Å². The fraction of sp³-hybridized carbons (Fsp3) is 0.333. The Labute approximate surface area is 90.9 Å². The summed E-state index contributed by atoms with van der Waals surface area (Å²) >= 11 is 4.45. The van der Waals surface area contributed by atoms with Gasteiger partial charge in [-0.2, -0.15) is 0 Å². The van der Waals surface area contributed by atoms with Crippen LogP contribution in [0.15, 0.2) is 12.5 Å². The van der Waals surface area contributed by atoms with E-state index in [-0.39, 0.29) is 6.42 Å². The van der Waals surface area contributed by atoms with Gasteiger partial charge in [0.2, 0.25) is 5.91 Å². The zero-order valence-corrected chi connectivity index (χ0v) is 9.36. The number of hydrogen-bond acceptors (Lipinski definition) is 4. The first kappa shape index (κ1) is 12.3. The molecule has 1 aromatic rings. The maximum atomic E-state index is 10.7. The number of hydrogen-bond donors (Lipinski definition) is 4. The van der Waals surface area contributed by atoms with Gasteiger partial charge in [-0.3, -0.25) is 9.13 Å². The first-order valence-electron chi connectivity index (χ1n) is 3.95. The largest absolute Gasteiger partial charge is 0.368 e. The Balaban J connectivity index is 2.78. The molecule has 0 aliphatic carbocycles. The SMILES string of the molecule is NC(=O)C(N)Cc1cn(P(O)(O)=S)cn1. The summed E-state index contributed by atoms with van der Waals surface area (Å²) in [6, 6.07) is -0.844. The second-order valence-corrected chi connectivity index (χ2v) is 5.93.